The minimum atomic E-state index is -4.35. The highest BCUT2D eigenvalue weighted by molar-refractivity contribution is 5.78. The molecule has 0 radical (unpaired) electrons. The number of fused-ring (bicyclic) bond motifs is 1. The molecule has 8 heteroatoms. The second-order valence-corrected chi connectivity index (χ2v) is 10.5. The first-order valence-electron chi connectivity index (χ1n) is 12.9. The van der Waals surface area contributed by atoms with Crippen molar-refractivity contribution < 1.29 is 22.7 Å². The Balaban J connectivity index is 1.03. The molecule has 1 aliphatic carbocycles. The van der Waals surface area contributed by atoms with Crippen LogP contribution in [0.15, 0.2) is 48.5 Å². The number of ether oxygens (including phenoxy) is 1. The Labute approximate surface area is 210 Å². The Morgan fingerprint density at radius 2 is 1.64 bits per heavy atom. The Morgan fingerprint density at radius 3 is 2.28 bits per heavy atom. The van der Waals surface area contributed by atoms with Crippen LogP contribution in [0, 0.1) is 18.8 Å². The largest absolute Gasteiger partial charge is 0.416 e. The Kier molecular flexibility index (Phi) is 7.15. The molecule has 36 heavy (non-hydrogen) atoms. The molecule has 2 unspecified atom stereocenters. The molecule has 1 N–H and O–H groups in total. The average molecular weight is 502 g/mol. The van der Waals surface area contributed by atoms with E-state index >= 15 is 0 Å². The summed E-state index contributed by atoms with van der Waals surface area (Å²) in [5.41, 5.74) is 1.38. The maximum atomic E-state index is 13.2. The molecule has 3 fully saturated rings. The topological polar surface area (TPSA) is 44.8 Å². The van der Waals surface area contributed by atoms with Gasteiger partial charge in [-0.2, -0.15) is 13.2 Å². The highest BCUT2D eigenvalue weighted by Crippen LogP contribution is 2.35. The SMILES string of the molecule is Cc1ccc(NC2CCC(OCC(=O)N3CC4CN(c5ccccc5)CC4C3)CC2)cc1C(F)(F)F. The summed E-state index contributed by atoms with van der Waals surface area (Å²) in [4.78, 5) is 17.2. The van der Waals surface area contributed by atoms with Crippen molar-refractivity contribution in [2.45, 2.75) is 50.9 Å². The van der Waals surface area contributed by atoms with Crippen LogP contribution in [-0.4, -0.2) is 55.7 Å². The van der Waals surface area contributed by atoms with Gasteiger partial charge in [0, 0.05) is 55.4 Å². The zero-order chi connectivity index (χ0) is 25.3. The van der Waals surface area contributed by atoms with Gasteiger partial charge in [-0.1, -0.05) is 24.3 Å². The third-order valence-electron chi connectivity index (χ3n) is 7.99. The van der Waals surface area contributed by atoms with Gasteiger partial charge in [-0.3, -0.25) is 4.79 Å². The number of nitrogens with one attached hydrogen (secondary N) is 1. The van der Waals surface area contributed by atoms with Gasteiger partial charge >= 0.3 is 6.18 Å². The lowest BCUT2D eigenvalue weighted by molar-refractivity contribution is -0.138. The molecule has 2 aromatic carbocycles. The molecule has 2 heterocycles. The molecular formula is C28H34F3N3O2. The van der Waals surface area contributed by atoms with Gasteiger partial charge in [0.15, 0.2) is 0 Å². The lowest BCUT2D eigenvalue weighted by Gasteiger charge is -2.30. The molecule has 1 amide bonds. The number of halogens is 3. The summed E-state index contributed by atoms with van der Waals surface area (Å²) in [6.07, 6.45) is -1.14. The number of amides is 1. The molecule has 5 rings (SSSR count). The molecule has 2 atom stereocenters. The van der Waals surface area contributed by atoms with Crippen LogP contribution in [0.3, 0.4) is 0 Å². The summed E-state index contributed by atoms with van der Waals surface area (Å²) in [5, 5.41) is 3.25. The maximum absolute atomic E-state index is 13.2. The molecular weight excluding hydrogens is 467 g/mol. The first kappa shape index (κ1) is 24.9. The van der Waals surface area contributed by atoms with E-state index in [0.717, 1.165) is 51.9 Å². The fraction of sp³-hybridized carbons (Fsp3) is 0.536. The number of anilines is 2. The van der Waals surface area contributed by atoms with E-state index in [4.69, 9.17) is 4.74 Å². The van der Waals surface area contributed by atoms with Gasteiger partial charge in [-0.05, 0) is 62.4 Å². The average Bonchev–Trinajstić information content (AvgIpc) is 3.44. The number of nitrogens with zero attached hydrogens (tertiary/aromatic N) is 2. The predicted molar refractivity (Wildman–Crippen MR) is 134 cm³/mol. The van der Waals surface area contributed by atoms with Crippen molar-refractivity contribution in [1.29, 1.82) is 0 Å². The number of hydrogen-bond donors (Lipinski definition) is 1. The predicted octanol–water partition coefficient (Wildman–Crippen LogP) is 5.35. The van der Waals surface area contributed by atoms with Crippen LogP contribution >= 0.6 is 0 Å². The first-order valence-corrected chi connectivity index (χ1v) is 12.9. The van der Waals surface area contributed by atoms with Gasteiger partial charge in [0.05, 0.1) is 11.7 Å². The second kappa shape index (κ2) is 10.3. The Hall–Kier alpha value is -2.74. The van der Waals surface area contributed by atoms with Gasteiger partial charge in [-0.15, -0.1) is 0 Å². The minimum absolute atomic E-state index is 0.0198. The van der Waals surface area contributed by atoms with Crippen LogP contribution in [-0.2, 0) is 15.7 Å². The molecule has 5 nitrogen and oxygen atoms in total. The van der Waals surface area contributed by atoms with E-state index < -0.39 is 11.7 Å². The highest BCUT2D eigenvalue weighted by Gasteiger charge is 2.41. The van der Waals surface area contributed by atoms with Gasteiger partial charge in [0.25, 0.3) is 0 Å². The summed E-state index contributed by atoms with van der Waals surface area (Å²) in [6.45, 7) is 5.15. The quantitative estimate of drug-likeness (QED) is 0.580. The van der Waals surface area contributed by atoms with Crippen molar-refractivity contribution in [3.8, 4) is 0 Å². The van der Waals surface area contributed by atoms with E-state index in [1.807, 2.05) is 11.0 Å². The summed E-state index contributed by atoms with van der Waals surface area (Å²) in [5.74, 6) is 1.08. The smallest absolute Gasteiger partial charge is 0.382 e. The van der Waals surface area contributed by atoms with Crippen LogP contribution in [0.2, 0.25) is 0 Å². The molecule has 2 saturated heterocycles. The van der Waals surface area contributed by atoms with E-state index in [1.54, 1.807) is 6.07 Å². The van der Waals surface area contributed by atoms with Crippen molar-refractivity contribution in [2.75, 3.05) is 43.0 Å². The molecule has 2 aromatic rings. The molecule has 1 saturated carbocycles. The fourth-order valence-electron chi connectivity index (χ4n) is 5.95. The minimum Gasteiger partial charge on any atom is -0.382 e. The third kappa shape index (κ3) is 5.64. The molecule has 0 bridgehead atoms. The second-order valence-electron chi connectivity index (χ2n) is 10.5. The van der Waals surface area contributed by atoms with E-state index in [9.17, 15) is 18.0 Å². The summed E-state index contributed by atoms with van der Waals surface area (Å²) < 4.78 is 45.6. The number of benzene rings is 2. The number of hydrogen-bond acceptors (Lipinski definition) is 4. The number of alkyl halides is 3. The number of carbonyl (C=O) groups excluding carboxylic acids is 1. The number of rotatable bonds is 6. The third-order valence-corrected chi connectivity index (χ3v) is 7.99. The van der Waals surface area contributed by atoms with Crippen molar-refractivity contribution in [3.05, 3.63) is 59.7 Å². The van der Waals surface area contributed by atoms with Gasteiger partial charge in [-0.25, -0.2) is 0 Å². The maximum Gasteiger partial charge on any atom is 0.416 e. The van der Waals surface area contributed by atoms with Crippen LogP contribution in [0.5, 0.6) is 0 Å². The number of carbonyl (C=O) groups is 1. The van der Waals surface area contributed by atoms with E-state index in [1.165, 1.54) is 24.7 Å². The van der Waals surface area contributed by atoms with Crippen molar-refractivity contribution in [3.63, 3.8) is 0 Å². The first-order chi connectivity index (χ1) is 17.3. The Morgan fingerprint density at radius 1 is 0.972 bits per heavy atom. The fourth-order valence-corrected chi connectivity index (χ4v) is 5.95. The lowest BCUT2D eigenvalue weighted by Crippen LogP contribution is -2.37. The zero-order valence-corrected chi connectivity index (χ0v) is 20.6. The zero-order valence-electron chi connectivity index (χ0n) is 20.6. The van der Waals surface area contributed by atoms with Crippen molar-refractivity contribution in [1.82, 2.24) is 4.90 Å². The normalized spacial score (nSPS) is 26.2. The molecule has 2 aliphatic heterocycles. The molecule has 0 spiro atoms. The number of para-hydroxylation sites is 1. The molecule has 0 aromatic heterocycles. The van der Waals surface area contributed by atoms with Crippen LogP contribution in [0.25, 0.3) is 0 Å². The molecule has 194 valence electrons. The monoisotopic (exact) mass is 501 g/mol. The van der Waals surface area contributed by atoms with E-state index in [2.05, 4.69) is 34.5 Å². The van der Waals surface area contributed by atoms with Gasteiger partial charge in [0.2, 0.25) is 5.91 Å². The number of likely N-dealkylation sites (tertiary alicyclic amines) is 1. The summed E-state index contributed by atoms with van der Waals surface area (Å²) in [7, 11) is 0. The van der Waals surface area contributed by atoms with Gasteiger partial charge in [0.1, 0.15) is 6.61 Å². The summed E-state index contributed by atoms with van der Waals surface area (Å²) in [6, 6.07) is 15.0. The van der Waals surface area contributed by atoms with Crippen LogP contribution in [0.1, 0.15) is 36.8 Å². The highest BCUT2D eigenvalue weighted by atomic mass is 19.4. The van der Waals surface area contributed by atoms with Crippen molar-refractivity contribution >= 4 is 17.3 Å². The lowest BCUT2D eigenvalue weighted by atomic mass is 9.92. The van der Waals surface area contributed by atoms with Crippen LogP contribution < -0.4 is 10.2 Å². The number of aryl methyl sites for hydroxylation is 1. The standard InChI is InChI=1S/C28H34F3N3O2/c1-19-7-8-23(13-26(19)28(29,30)31)32-22-9-11-25(12-10-22)36-18-27(35)34-16-20-14-33(15-21(20)17-34)24-5-3-2-4-6-24/h2-8,13,20-22,25,32H,9-12,14-18H2,1H3. The van der Waals surface area contributed by atoms with Crippen molar-refractivity contribution in [2.24, 2.45) is 11.8 Å². The van der Waals surface area contributed by atoms with E-state index in [-0.39, 0.29) is 30.2 Å². The Bertz CT molecular complexity index is 1040. The molecule has 3 aliphatic rings. The van der Waals surface area contributed by atoms with Crippen LogP contribution in [0.4, 0.5) is 24.5 Å². The van der Waals surface area contributed by atoms with E-state index in [0.29, 0.717) is 17.5 Å². The summed E-state index contributed by atoms with van der Waals surface area (Å²) >= 11 is 0. The van der Waals surface area contributed by atoms with Gasteiger partial charge < -0.3 is 19.9 Å².